The van der Waals surface area contributed by atoms with Crippen molar-refractivity contribution in [3.8, 4) is 0 Å². The van der Waals surface area contributed by atoms with Crippen LogP contribution in [0.15, 0.2) is 47.3 Å². The van der Waals surface area contributed by atoms with Gasteiger partial charge in [0.15, 0.2) is 5.82 Å². The Hall–Kier alpha value is -3.35. The minimum atomic E-state index is -0.0984. The molecule has 3 heterocycles. The number of carbonyl (C=O) groups excluding carboxylic acids is 1. The summed E-state index contributed by atoms with van der Waals surface area (Å²) in [6.45, 7) is 11.3. The van der Waals surface area contributed by atoms with E-state index >= 15 is 0 Å². The number of carbonyl (C=O) groups is 1. The summed E-state index contributed by atoms with van der Waals surface area (Å²) < 4.78 is 1.79. The van der Waals surface area contributed by atoms with Crippen molar-refractivity contribution in [2.45, 2.75) is 40.2 Å². The van der Waals surface area contributed by atoms with Crippen LogP contribution in [-0.2, 0) is 11.3 Å². The van der Waals surface area contributed by atoms with Gasteiger partial charge in [-0.3, -0.25) is 9.59 Å². The Bertz CT molecular complexity index is 1290. The lowest BCUT2D eigenvalue weighted by Crippen LogP contribution is -2.53. The van der Waals surface area contributed by atoms with Crippen LogP contribution in [0.1, 0.15) is 30.9 Å². The molecule has 0 unspecified atom stereocenters. The number of nitrogens with zero attached hydrogens (tertiary/aromatic N) is 5. The van der Waals surface area contributed by atoms with Crippen LogP contribution in [0.4, 0.5) is 11.5 Å². The van der Waals surface area contributed by atoms with Gasteiger partial charge in [-0.05, 0) is 62.9 Å². The molecule has 5 rings (SSSR count). The molecule has 3 aromatic rings. The lowest BCUT2D eigenvalue weighted by Gasteiger charge is -2.40. The number of aromatic nitrogens is 2. The number of piperazine rings is 1. The lowest BCUT2D eigenvalue weighted by atomic mass is 9.96. The second-order valence-corrected chi connectivity index (χ2v) is 9.86. The number of fused-ring (bicyclic) bond motifs is 1. The van der Waals surface area contributed by atoms with Gasteiger partial charge in [0.2, 0.25) is 5.91 Å². The Kier molecular flexibility index (Phi) is 6.50. The largest absolute Gasteiger partial charge is 0.368 e. The van der Waals surface area contributed by atoms with Crippen LogP contribution in [0.5, 0.6) is 0 Å². The van der Waals surface area contributed by atoms with E-state index in [1.54, 1.807) is 4.57 Å². The van der Waals surface area contributed by atoms with Crippen molar-refractivity contribution in [2.24, 2.45) is 5.92 Å². The molecule has 0 aliphatic carbocycles. The van der Waals surface area contributed by atoms with Gasteiger partial charge in [0.05, 0.1) is 17.0 Å². The molecule has 2 saturated heterocycles. The first kappa shape index (κ1) is 23.4. The zero-order chi connectivity index (χ0) is 24.5. The van der Waals surface area contributed by atoms with Gasteiger partial charge in [0.1, 0.15) is 0 Å². The maximum Gasteiger partial charge on any atom is 0.293 e. The van der Waals surface area contributed by atoms with E-state index < -0.39 is 0 Å². The fourth-order valence-corrected chi connectivity index (χ4v) is 5.56. The zero-order valence-electron chi connectivity index (χ0n) is 21.0. The number of hydrogen-bond donors (Lipinski definition) is 0. The monoisotopic (exact) mass is 473 g/mol. The quantitative estimate of drug-likeness (QED) is 0.580. The third-order valence-corrected chi connectivity index (χ3v) is 7.52. The van der Waals surface area contributed by atoms with Gasteiger partial charge < -0.3 is 19.3 Å². The van der Waals surface area contributed by atoms with E-state index in [1.807, 2.05) is 41.0 Å². The first-order valence-electron chi connectivity index (χ1n) is 12.8. The Morgan fingerprint density at radius 3 is 2.54 bits per heavy atom. The highest BCUT2D eigenvalue weighted by Crippen LogP contribution is 2.26. The van der Waals surface area contributed by atoms with E-state index in [-0.39, 0.29) is 17.4 Å². The fourth-order valence-electron chi connectivity index (χ4n) is 5.56. The third kappa shape index (κ3) is 4.51. The molecule has 0 radical (unpaired) electrons. The molecule has 0 N–H and O–H groups in total. The number of rotatable bonds is 4. The van der Waals surface area contributed by atoms with Crippen LogP contribution >= 0.6 is 0 Å². The van der Waals surface area contributed by atoms with Crippen LogP contribution in [0.2, 0.25) is 0 Å². The molecule has 2 aromatic carbocycles. The maximum absolute atomic E-state index is 13.5. The predicted octanol–water partition coefficient (Wildman–Crippen LogP) is 3.60. The molecule has 1 atom stereocenters. The van der Waals surface area contributed by atoms with Crippen LogP contribution in [-0.4, -0.2) is 59.6 Å². The molecule has 35 heavy (non-hydrogen) atoms. The van der Waals surface area contributed by atoms with E-state index in [0.29, 0.717) is 18.9 Å². The third-order valence-electron chi connectivity index (χ3n) is 7.52. The normalized spacial score (nSPS) is 18.8. The Labute approximate surface area is 207 Å². The molecular formula is C28H35N5O2. The van der Waals surface area contributed by atoms with E-state index in [4.69, 9.17) is 4.98 Å². The highest BCUT2D eigenvalue weighted by atomic mass is 16.2. The molecule has 1 amide bonds. The number of amides is 1. The second kappa shape index (κ2) is 9.72. The first-order valence-corrected chi connectivity index (χ1v) is 12.8. The smallest absolute Gasteiger partial charge is 0.293 e. The average Bonchev–Trinajstić information content (AvgIpc) is 2.89. The van der Waals surface area contributed by atoms with Crippen molar-refractivity contribution in [1.29, 1.82) is 0 Å². The van der Waals surface area contributed by atoms with Gasteiger partial charge in [-0.25, -0.2) is 4.98 Å². The summed E-state index contributed by atoms with van der Waals surface area (Å²) in [5.41, 5.74) is 5.42. The van der Waals surface area contributed by atoms with Crippen molar-refractivity contribution in [3.63, 3.8) is 0 Å². The van der Waals surface area contributed by atoms with Gasteiger partial charge in [-0.15, -0.1) is 0 Å². The number of anilines is 2. The molecule has 1 aromatic heterocycles. The highest BCUT2D eigenvalue weighted by Gasteiger charge is 2.32. The summed E-state index contributed by atoms with van der Waals surface area (Å²) in [5, 5.41) is 0. The van der Waals surface area contributed by atoms with Crippen LogP contribution in [0, 0.1) is 19.8 Å². The standard InChI is InChI=1S/C28H35N5O2/c1-4-33-24-10-6-5-9-23(24)29-26(28(33)35)32-13-7-8-22(19-32)27(34)31-16-14-30(15-17-31)25-18-20(2)11-12-21(25)3/h5-6,9-12,18,22H,4,7-8,13-17,19H2,1-3H3/t22-/m0/s1. The summed E-state index contributed by atoms with van der Waals surface area (Å²) >= 11 is 0. The molecule has 7 heteroatoms. The van der Waals surface area contributed by atoms with Crippen LogP contribution in [0.25, 0.3) is 11.0 Å². The lowest BCUT2D eigenvalue weighted by molar-refractivity contribution is -0.136. The molecular weight excluding hydrogens is 438 g/mol. The Balaban J connectivity index is 1.29. The van der Waals surface area contributed by atoms with E-state index in [1.165, 1.54) is 16.8 Å². The average molecular weight is 474 g/mol. The van der Waals surface area contributed by atoms with Crippen molar-refractivity contribution in [2.75, 3.05) is 49.1 Å². The number of benzene rings is 2. The van der Waals surface area contributed by atoms with Gasteiger partial charge >= 0.3 is 0 Å². The van der Waals surface area contributed by atoms with Crippen LogP contribution < -0.4 is 15.4 Å². The SMILES string of the molecule is CCn1c(=O)c(N2CCC[C@H](C(=O)N3CCN(c4cc(C)ccc4C)CC3)C2)nc2ccccc21. The van der Waals surface area contributed by atoms with Crippen molar-refractivity contribution < 1.29 is 4.79 Å². The van der Waals surface area contributed by atoms with Crippen LogP contribution in [0.3, 0.4) is 0 Å². The molecule has 0 saturated carbocycles. The summed E-state index contributed by atoms with van der Waals surface area (Å²) in [6.07, 6.45) is 1.75. The zero-order valence-corrected chi connectivity index (χ0v) is 21.0. The topological polar surface area (TPSA) is 61.7 Å². The molecule has 184 valence electrons. The Morgan fingerprint density at radius 2 is 1.77 bits per heavy atom. The maximum atomic E-state index is 13.5. The van der Waals surface area contributed by atoms with Gasteiger partial charge in [-0.2, -0.15) is 0 Å². The van der Waals surface area contributed by atoms with Crippen molar-refractivity contribution in [1.82, 2.24) is 14.5 Å². The number of piperidine rings is 1. The highest BCUT2D eigenvalue weighted by molar-refractivity contribution is 5.80. The molecule has 7 nitrogen and oxygen atoms in total. The molecule has 2 aliphatic rings. The molecule has 0 spiro atoms. The molecule has 2 fully saturated rings. The molecule has 0 bridgehead atoms. The van der Waals surface area contributed by atoms with Crippen molar-refractivity contribution >= 4 is 28.4 Å². The van der Waals surface area contributed by atoms with E-state index in [9.17, 15) is 9.59 Å². The summed E-state index contributed by atoms with van der Waals surface area (Å²) in [5.74, 6) is 0.591. The second-order valence-electron chi connectivity index (χ2n) is 9.86. The van der Waals surface area contributed by atoms with E-state index in [0.717, 1.165) is 56.6 Å². The van der Waals surface area contributed by atoms with Crippen molar-refractivity contribution in [3.05, 3.63) is 63.9 Å². The molecule has 2 aliphatic heterocycles. The minimum absolute atomic E-state index is 0.0681. The van der Waals surface area contributed by atoms with Gasteiger partial charge in [0, 0.05) is 51.5 Å². The Morgan fingerprint density at radius 1 is 1.00 bits per heavy atom. The van der Waals surface area contributed by atoms with Gasteiger partial charge in [-0.1, -0.05) is 24.3 Å². The summed E-state index contributed by atoms with van der Waals surface area (Å²) in [7, 11) is 0. The summed E-state index contributed by atoms with van der Waals surface area (Å²) in [4.78, 5) is 38.0. The minimum Gasteiger partial charge on any atom is -0.368 e. The van der Waals surface area contributed by atoms with E-state index in [2.05, 4.69) is 36.9 Å². The summed E-state index contributed by atoms with van der Waals surface area (Å²) in [6, 6.07) is 14.3. The number of aryl methyl sites for hydroxylation is 3. The number of para-hydroxylation sites is 2. The number of hydrogen-bond acceptors (Lipinski definition) is 5. The van der Waals surface area contributed by atoms with Gasteiger partial charge in [0.25, 0.3) is 5.56 Å². The fraction of sp³-hybridized carbons (Fsp3) is 0.464. The first-order chi connectivity index (χ1) is 17.0. The predicted molar refractivity (Wildman–Crippen MR) is 141 cm³/mol.